The summed E-state index contributed by atoms with van der Waals surface area (Å²) in [6, 6.07) is 2.05. The smallest absolute Gasteiger partial charge is 0.287 e. The number of aryl methyl sites for hydroxylation is 1. The number of alkyl halides is 1. The van der Waals surface area contributed by atoms with Crippen molar-refractivity contribution in [2.75, 3.05) is 0 Å². The molecule has 0 radical (unpaired) electrons. The van der Waals surface area contributed by atoms with Crippen LogP contribution in [-0.2, 0) is 5.88 Å². The molecule has 0 atom stereocenters. The average Bonchev–Trinajstić information content (AvgIpc) is 2.87. The van der Waals surface area contributed by atoms with Gasteiger partial charge in [0.2, 0.25) is 0 Å². The molecule has 1 aromatic rings. The lowest BCUT2D eigenvalue weighted by Crippen LogP contribution is -2.32. The van der Waals surface area contributed by atoms with Gasteiger partial charge in [0.05, 0.1) is 5.88 Å². The zero-order chi connectivity index (χ0) is 11.5. The second-order valence-corrected chi connectivity index (χ2v) is 4.55. The largest absolute Gasteiger partial charge is 0.456 e. The van der Waals surface area contributed by atoms with Crippen LogP contribution < -0.4 is 5.32 Å². The quantitative estimate of drug-likeness (QED) is 0.827. The lowest BCUT2D eigenvalue weighted by molar-refractivity contribution is 0.0908. The summed E-state index contributed by atoms with van der Waals surface area (Å²) in [5.74, 6) is 1.37. The van der Waals surface area contributed by atoms with E-state index in [1.165, 1.54) is 12.8 Å². The van der Waals surface area contributed by atoms with Gasteiger partial charge < -0.3 is 9.73 Å². The molecule has 0 aromatic carbocycles. The molecule has 3 nitrogen and oxygen atoms in total. The van der Waals surface area contributed by atoms with Crippen LogP contribution in [0.1, 0.15) is 47.6 Å². The molecule has 0 bridgehead atoms. The van der Waals surface area contributed by atoms with Crippen LogP contribution in [0.2, 0.25) is 0 Å². The van der Waals surface area contributed by atoms with Crippen molar-refractivity contribution in [1.29, 1.82) is 0 Å². The first-order valence-corrected chi connectivity index (χ1v) is 6.20. The second kappa shape index (κ2) is 4.91. The Balaban J connectivity index is 2.02. The molecule has 1 amide bonds. The van der Waals surface area contributed by atoms with Crippen LogP contribution in [0, 0.1) is 6.92 Å². The van der Waals surface area contributed by atoms with Crippen molar-refractivity contribution in [2.45, 2.75) is 44.5 Å². The standard InChI is InChI=1S/C12H16ClNO2/c1-8-9(7-13)6-11(16-8)12(15)14-10-4-2-3-5-10/h6,10H,2-5,7H2,1H3,(H,14,15). The maximum absolute atomic E-state index is 11.8. The molecule has 4 heteroatoms. The van der Waals surface area contributed by atoms with E-state index in [1.54, 1.807) is 6.07 Å². The van der Waals surface area contributed by atoms with Crippen molar-refractivity contribution in [3.05, 3.63) is 23.2 Å². The molecule has 0 spiro atoms. The molecule has 1 aliphatic carbocycles. The molecule has 1 heterocycles. The SMILES string of the molecule is Cc1oc(C(=O)NC2CCCC2)cc1CCl. The molecule has 0 aliphatic heterocycles. The first kappa shape index (κ1) is 11.5. The number of carbonyl (C=O) groups excluding carboxylic acids is 1. The third-order valence-electron chi connectivity index (χ3n) is 3.08. The van der Waals surface area contributed by atoms with Crippen molar-refractivity contribution < 1.29 is 9.21 Å². The average molecular weight is 242 g/mol. The maximum atomic E-state index is 11.8. The van der Waals surface area contributed by atoms with Crippen LogP contribution in [0.15, 0.2) is 10.5 Å². The summed E-state index contributed by atoms with van der Waals surface area (Å²) < 4.78 is 5.38. The molecule has 2 rings (SSSR count). The van der Waals surface area contributed by atoms with Gasteiger partial charge in [-0.15, -0.1) is 11.6 Å². The highest BCUT2D eigenvalue weighted by Crippen LogP contribution is 2.20. The molecular formula is C12H16ClNO2. The lowest BCUT2D eigenvalue weighted by Gasteiger charge is -2.09. The van der Waals surface area contributed by atoms with E-state index >= 15 is 0 Å². The summed E-state index contributed by atoms with van der Waals surface area (Å²) >= 11 is 5.73. The Kier molecular flexibility index (Phi) is 3.54. The summed E-state index contributed by atoms with van der Waals surface area (Å²) in [7, 11) is 0. The van der Waals surface area contributed by atoms with Crippen LogP contribution in [0.3, 0.4) is 0 Å². The monoisotopic (exact) mass is 241 g/mol. The zero-order valence-corrected chi connectivity index (χ0v) is 10.1. The van der Waals surface area contributed by atoms with E-state index in [0.717, 1.165) is 24.2 Å². The van der Waals surface area contributed by atoms with E-state index < -0.39 is 0 Å². The number of carbonyl (C=O) groups is 1. The van der Waals surface area contributed by atoms with Crippen molar-refractivity contribution in [2.24, 2.45) is 0 Å². The number of hydrogen-bond acceptors (Lipinski definition) is 2. The normalized spacial score (nSPS) is 16.6. The van der Waals surface area contributed by atoms with Gasteiger partial charge in [-0.3, -0.25) is 4.79 Å². The number of amides is 1. The zero-order valence-electron chi connectivity index (χ0n) is 9.38. The number of furan rings is 1. The second-order valence-electron chi connectivity index (χ2n) is 4.28. The number of halogens is 1. The summed E-state index contributed by atoms with van der Waals surface area (Å²) in [6.07, 6.45) is 4.56. The first-order chi connectivity index (χ1) is 7.70. The highest BCUT2D eigenvalue weighted by molar-refractivity contribution is 6.17. The summed E-state index contributed by atoms with van der Waals surface area (Å²) in [4.78, 5) is 11.8. The van der Waals surface area contributed by atoms with Gasteiger partial charge in [0.15, 0.2) is 5.76 Å². The minimum atomic E-state index is -0.119. The Morgan fingerprint density at radius 2 is 2.25 bits per heavy atom. The summed E-state index contributed by atoms with van der Waals surface area (Å²) in [6.45, 7) is 1.82. The minimum Gasteiger partial charge on any atom is -0.456 e. The summed E-state index contributed by atoms with van der Waals surface area (Å²) in [5, 5.41) is 2.98. The van der Waals surface area contributed by atoms with Crippen molar-refractivity contribution in [3.63, 3.8) is 0 Å². The Labute approximate surface area is 100 Å². The number of rotatable bonds is 3. The van der Waals surface area contributed by atoms with Gasteiger partial charge in [-0.1, -0.05) is 12.8 Å². The molecule has 1 N–H and O–H groups in total. The predicted octanol–water partition coefficient (Wildman–Crippen LogP) is 3.00. The van der Waals surface area contributed by atoms with E-state index in [2.05, 4.69) is 5.32 Å². The predicted molar refractivity (Wildman–Crippen MR) is 62.7 cm³/mol. The van der Waals surface area contributed by atoms with Crippen LogP contribution in [0.25, 0.3) is 0 Å². The Morgan fingerprint density at radius 1 is 1.56 bits per heavy atom. The van der Waals surface area contributed by atoms with Gasteiger partial charge in [0.25, 0.3) is 5.91 Å². The molecule has 1 fully saturated rings. The van der Waals surface area contributed by atoms with Crippen LogP contribution in [-0.4, -0.2) is 11.9 Å². The highest BCUT2D eigenvalue weighted by Gasteiger charge is 2.20. The molecule has 88 valence electrons. The van der Waals surface area contributed by atoms with E-state index in [4.69, 9.17) is 16.0 Å². The van der Waals surface area contributed by atoms with Crippen LogP contribution in [0.4, 0.5) is 0 Å². The van der Waals surface area contributed by atoms with Crippen LogP contribution >= 0.6 is 11.6 Å². The van der Waals surface area contributed by atoms with Gasteiger partial charge in [-0.05, 0) is 25.8 Å². The fourth-order valence-electron chi connectivity index (χ4n) is 2.09. The van der Waals surface area contributed by atoms with Crippen molar-refractivity contribution >= 4 is 17.5 Å². The lowest BCUT2D eigenvalue weighted by atomic mass is 10.2. The fourth-order valence-corrected chi connectivity index (χ4v) is 2.36. The Hall–Kier alpha value is -0.960. The van der Waals surface area contributed by atoms with E-state index in [-0.39, 0.29) is 5.91 Å². The molecule has 1 aromatic heterocycles. The van der Waals surface area contributed by atoms with Gasteiger partial charge in [0.1, 0.15) is 5.76 Å². The fraction of sp³-hybridized carbons (Fsp3) is 0.583. The maximum Gasteiger partial charge on any atom is 0.287 e. The van der Waals surface area contributed by atoms with Gasteiger partial charge in [-0.25, -0.2) is 0 Å². The van der Waals surface area contributed by atoms with Gasteiger partial charge >= 0.3 is 0 Å². The van der Waals surface area contributed by atoms with E-state index in [1.807, 2.05) is 6.92 Å². The van der Waals surface area contributed by atoms with Gasteiger partial charge in [-0.2, -0.15) is 0 Å². The molecule has 16 heavy (non-hydrogen) atoms. The van der Waals surface area contributed by atoms with E-state index in [9.17, 15) is 4.79 Å². The van der Waals surface area contributed by atoms with Crippen LogP contribution in [0.5, 0.6) is 0 Å². The summed E-state index contributed by atoms with van der Waals surface area (Å²) in [5.41, 5.74) is 0.887. The molecule has 1 saturated carbocycles. The highest BCUT2D eigenvalue weighted by atomic mass is 35.5. The topological polar surface area (TPSA) is 42.2 Å². The third kappa shape index (κ3) is 2.40. The van der Waals surface area contributed by atoms with Crippen molar-refractivity contribution in [3.8, 4) is 0 Å². The molecular weight excluding hydrogens is 226 g/mol. The molecule has 0 saturated heterocycles. The van der Waals surface area contributed by atoms with E-state index in [0.29, 0.717) is 17.7 Å². The molecule has 1 aliphatic rings. The van der Waals surface area contributed by atoms with Crippen molar-refractivity contribution in [1.82, 2.24) is 5.32 Å². The first-order valence-electron chi connectivity index (χ1n) is 5.67. The molecule has 0 unspecified atom stereocenters. The minimum absolute atomic E-state index is 0.119. The number of hydrogen-bond donors (Lipinski definition) is 1. The van der Waals surface area contributed by atoms with Gasteiger partial charge in [0, 0.05) is 11.6 Å². The number of nitrogens with one attached hydrogen (secondary N) is 1. The third-order valence-corrected chi connectivity index (χ3v) is 3.37. The Morgan fingerprint density at radius 3 is 2.81 bits per heavy atom. The Bertz CT molecular complexity index is 380.